The topological polar surface area (TPSA) is 35.5 Å². The molecule has 30 heavy (non-hydrogen) atoms. The summed E-state index contributed by atoms with van der Waals surface area (Å²) in [6.07, 6.45) is 0. The number of benzene rings is 4. The van der Waals surface area contributed by atoms with Gasteiger partial charge in [0.2, 0.25) is 0 Å². The zero-order valence-corrected chi connectivity index (χ0v) is 17.8. The standard InChI is InChI=1S/C27H25N2O/c1-26(2)27(3,4)29(30)25(28-26)21-13-9-12-20(17-21)24-22-14-7-5-10-18(22)16-19-11-6-8-15-23(19)24/h5-17H,1-4H3. The van der Waals surface area contributed by atoms with Crippen molar-refractivity contribution in [1.29, 1.82) is 0 Å². The Kier molecular flexibility index (Phi) is 4.03. The van der Waals surface area contributed by atoms with Crippen molar-refractivity contribution < 1.29 is 5.21 Å². The molecule has 0 saturated carbocycles. The molecule has 0 N–H and O–H groups in total. The first-order valence-electron chi connectivity index (χ1n) is 10.4. The van der Waals surface area contributed by atoms with E-state index >= 15 is 0 Å². The van der Waals surface area contributed by atoms with Crippen molar-refractivity contribution in [2.45, 2.75) is 38.8 Å². The summed E-state index contributed by atoms with van der Waals surface area (Å²) in [5, 5.41) is 19.0. The van der Waals surface area contributed by atoms with Crippen LogP contribution in [-0.4, -0.2) is 22.0 Å². The van der Waals surface area contributed by atoms with E-state index in [1.54, 1.807) is 0 Å². The molecule has 0 saturated heterocycles. The molecule has 1 aliphatic rings. The predicted octanol–water partition coefficient (Wildman–Crippen LogP) is 6.62. The third kappa shape index (κ3) is 2.66. The van der Waals surface area contributed by atoms with Crippen LogP contribution in [0.1, 0.15) is 33.3 Å². The van der Waals surface area contributed by atoms with Gasteiger partial charge in [0.1, 0.15) is 0 Å². The molecule has 1 aliphatic heterocycles. The number of fused-ring (bicyclic) bond motifs is 2. The van der Waals surface area contributed by atoms with Crippen molar-refractivity contribution in [3.8, 4) is 11.1 Å². The molecule has 3 nitrogen and oxygen atoms in total. The van der Waals surface area contributed by atoms with Crippen LogP contribution in [0.3, 0.4) is 0 Å². The minimum absolute atomic E-state index is 0.452. The van der Waals surface area contributed by atoms with Crippen molar-refractivity contribution >= 4 is 27.4 Å². The lowest BCUT2D eigenvalue weighted by atomic mass is 9.84. The third-order valence-electron chi connectivity index (χ3n) is 6.76. The van der Waals surface area contributed by atoms with Gasteiger partial charge in [-0.15, -0.1) is 0 Å². The predicted molar refractivity (Wildman–Crippen MR) is 124 cm³/mol. The molecule has 0 aliphatic carbocycles. The Morgan fingerprint density at radius 1 is 0.700 bits per heavy atom. The van der Waals surface area contributed by atoms with Gasteiger partial charge in [-0.1, -0.05) is 71.9 Å². The molecule has 0 bridgehead atoms. The first-order chi connectivity index (χ1) is 14.3. The van der Waals surface area contributed by atoms with Gasteiger partial charge in [0, 0.05) is 5.56 Å². The summed E-state index contributed by atoms with van der Waals surface area (Å²) in [7, 11) is 0. The van der Waals surface area contributed by atoms with Gasteiger partial charge in [-0.2, -0.15) is 5.06 Å². The quantitative estimate of drug-likeness (QED) is 0.352. The lowest BCUT2D eigenvalue weighted by molar-refractivity contribution is -0.158. The minimum atomic E-state index is -0.593. The average Bonchev–Trinajstić information content (AvgIpc) is 2.91. The van der Waals surface area contributed by atoms with E-state index in [2.05, 4.69) is 66.7 Å². The van der Waals surface area contributed by atoms with Crippen molar-refractivity contribution in [3.63, 3.8) is 0 Å². The zero-order chi connectivity index (χ0) is 21.1. The first-order valence-corrected chi connectivity index (χ1v) is 10.4. The number of hydroxylamine groups is 2. The van der Waals surface area contributed by atoms with Crippen LogP contribution in [0.25, 0.3) is 32.7 Å². The van der Waals surface area contributed by atoms with Crippen molar-refractivity contribution in [1.82, 2.24) is 5.06 Å². The fraction of sp³-hybridized carbons (Fsp3) is 0.222. The Bertz CT molecular complexity index is 1260. The summed E-state index contributed by atoms with van der Waals surface area (Å²) in [6.45, 7) is 7.96. The summed E-state index contributed by atoms with van der Waals surface area (Å²) in [5.41, 5.74) is 2.11. The maximum absolute atomic E-state index is 13.1. The highest BCUT2D eigenvalue weighted by Gasteiger charge is 2.50. The van der Waals surface area contributed by atoms with E-state index < -0.39 is 11.1 Å². The van der Waals surface area contributed by atoms with Gasteiger partial charge in [-0.3, -0.25) is 4.99 Å². The van der Waals surface area contributed by atoms with Crippen molar-refractivity contribution in [3.05, 3.63) is 84.4 Å². The number of hydrogen-bond acceptors (Lipinski definition) is 2. The Balaban J connectivity index is 1.75. The highest BCUT2D eigenvalue weighted by molar-refractivity contribution is 6.13. The van der Waals surface area contributed by atoms with Crippen LogP contribution < -0.4 is 0 Å². The van der Waals surface area contributed by atoms with E-state index in [0.29, 0.717) is 5.84 Å². The molecule has 3 heteroatoms. The molecule has 0 atom stereocenters. The van der Waals surface area contributed by atoms with Crippen molar-refractivity contribution in [2.75, 3.05) is 0 Å². The Hall–Kier alpha value is -3.17. The second-order valence-electron chi connectivity index (χ2n) is 9.12. The fourth-order valence-electron chi connectivity index (χ4n) is 4.28. The Morgan fingerprint density at radius 2 is 1.27 bits per heavy atom. The van der Waals surface area contributed by atoms with E-state index in [1.165, 1.54) is 27.1 Å². The van der Waals surface area contributed by atoms with Crippen LogP contribution in [-0.2, 0) is 5.21 Å². The largest absolute Gasteiger partial charge is 0.257 e. The van der Waals surface area contributed by atoms with E-state index in [-0.39, 0.29) is 0 Å². The molecule has 1 radical (unpaired) electrons. The molecule has 0 spiro atoms. The monoisotopic (exact) mass is 393 g/mol. The molecule has 149 valence electrons. The maximum atomic E-state index is 13.1. The Morgan fingerprint density at radius 3 is 1.83 bits per heavy atom. The van der Waals surface area contributed by atoms with Gasteiger partial charge in [-0.05, 0) is 72.5 Å². The maximum Gasteiger partial charge on any atom is 0.159 e. The zero-order valence-electron chi connectivity index (χ0n) is 17.8. The normalized spacial score (nSPS) is 17.5. The van der Waals surface area contributed by atoms with E-state index in [4.69, 9.17) is 4.99 Å². The summed E-state index contributed by atoms with van der Waals surface area (Å²) in [4.78, 5) is 4.81. The lowest BCUT2D eigenvalue weighted by Gasteiger charge is -2.35. The van der Waals surface area contributed by atoms with E-state index in [0.717, 1.165) is 16.2 Å². The summed E-state index contributed by atoms with van der Waals surface area (Å²) in [5.74, 6) is 0.511. The number of rotatable bonds is 2. The van der Waals surface area contributed by atoms with Crippen LogP contribution in [0.15, 0.2) is 83.9 Å². The van der Waals surface area contributed by atoms with E-state index in [9.17, 15) is 5.21 Å². The average molecular weight is 394 g/mol. The molecule has 4 aromatic carbocycles. The molecular weight excluding hydrogens is 368 g/mol. The van der Waals surface area contributed by atoms with Gasteiger partial charge in [-0.25, -0.2) is 0 Å². The highest BCUT2D eigenvalue weighted by atomic mass is 16.5. The molecule has 1 heterocycles. The van der Waals surface area contributed by atoms with Crippen LogP contribution in [0.4, 0.5) is 0 Å². The Labute approximate surface area is 177 Å². The molecule has 0 aromatic heterocycles. The molecule has 5 rings (SSSR count). The van der Waals surface area contributed by atoms with Crippen LogP contribution in [0, 0.1) is 0 Å². The third-order valence-corrected chi connectivity index (χ3v) is 6.76. The molecule has 4 aromatic rings. The summed E-state index contributed by atoms with van der Waals surface area (Å²) < 4.78 is 0. The highest BCUT2D eigenvalue weighted by Crippen LogP contribution is 2.40. The molecule has 0 amide bonds. The second-order valence-corrected chi connectivity index (χ2v) is 9.12. The molecule has 0 fully saturated rings. The summed E-state index contributed by atoms with van der Waals surface area (Å²) >= 11 is 0. The fourth-order valence-corrected chi connectivity index (χ4v) is 4.28. The molecule has 0 unspecified atom stereocenters. The SMILES string of the molecule is CC1(C)N=C(c2cccc(-c3c4ccccc4cc4ccccc34)c2)N([O])C1(C)C. The number of amidine groups is 1. The smallest absolute Gasteiger partial charge is 0.159 e. The number of aliphatic imine (C=N–C) groups is 1. The number of hydrogen-bond donors (Lipinski definition) is 0. The van der Waals surface area contributed by atoms with E-state index in [1.807, 2.05) is 39.8 Å². The van der Waals surface area contributed by atoms with Gasteiger partial charge in [0.15, 0.2) is 5.84 Å². The van der Waals surface area contributed by atoms with Crippen LogP contribution in [0.2, 0.25) is 0 Å². The first kappa shape index (κ1) is 18.8. The van der Waals surface area contributed by atoms with Crippen LogP contribution >= 0.6 is 0 Å². The van der Waals surface area contributed by atoms with Gasteiger partial charge < -0.3 is 0 Å². The second kappa shape index (κ2) is 6.41. The van der Waals surface area contributed by atoms with Gasteiger partial charge in [0.05, 0.1) is 11.1 Å². The van der Waals surface area contributed by atoms with Gasteiger partial charge >= 0.3 is 0 Å². The minimum Gasteiger partial charge on any atom is -0.257 e. The molecular formula is C27H25N2O. The number of nitrogens with zero attached hydrogens (tertiary/aromatic N) is 2. The van der Waals surface area contributed by atoms with Crippen LogP contribution in [0.5, 0.6) is 0 Å². The van der Waals surface area contributed by atoms with Gasteiger partial charge in [0.25, 0.3) is 0 Å². The van der Waals surface area contributed by atoms with Crippen molar-refractivity contribution in [2.24, 2.45) is 4.99 Å². The lowest BCUT2D eigenvalue weighted by Crippen LogP contribution is -2.50. The summed E-state index contributed by atoms with van der Waals surface area (Å²) in [6, 6.07) is 27.4.